The molecule has 2 aromatic rings. The highest BCUT2D eigenvalue weighted by Gasteiger charge is 2.33. The van der Waals surface area contributed by atoms with Crippen molar-refractivity contribution in [3.05, 3.63) is 71.3 Å². The molecule has 1 N–H and O–H groups in total. The van der Waals surface area contributed by atoms with Crippen molar-refractivity contribution in [3.8, 4) is 0 Å². The van der Waals surface area contributed by atoms with Crippen LogP contribution in [0.25, 0.3) is 0 Å². The van der Waals surface area contributed by atoms with Gasteiger partial charge >= 0.3 is 12.1 Å². The topological polar surface area (TPSA) is 76.1 Å². The number of piperidine rings is 1. The summed E-state index contributed by atoms with van der Waals surface area (Å²) >= 11 is 0. The van der Waals surface area contributed by atoms with Crippen LogP contribution in [0.3, 0.4) is 0 Å². The van der Waals surface area contributed by atoms with Crippen molar-refractivity contribution in [2.75, 3.05) is 13.7 Å². The molecule has 1 aliphatic rings. The number of carbonyl (C=O) groups excluding carboxylic acids is 2. The van der Waals surface area contributed by atoms with E-state index in [4.69, 9.17) is 9.47 Å². The fourth-order valence-electron chi connectivity index (χ4n) is 3.24. The van der Waals surface area contributed by atoms with Crippen molar-refractivity contribution in [1.82, 2.24) is 4.90 Å². The second kappa shape index (κ2) is 8.68. The Kier molecular flexibility index (Phi) is 6.08. The smallest absolute Gasteiger partial charge is 0.410 e. The molecule has 1 unspecified atom stereocenters. The number of esters is 1. The van der Waals surface area contributed by atoms with Gasteiger partial charge in [-0.3, -0.25) is 0 Å². The molecule has 0 radical (unpaired) electrons. The highest BCUT2D eigenvalue weighted by Crippen LogP contribution is 2.32. The van der Waals surface area contributed by atoms with Gasteiger partial charge in [-0.25, -0.2) is 9.59 Å². The Morgan fingerprint density at radius 2 is 1.81 bits per heavy atom. The van der Waals surface area contributed by atoms with E-state index in [0.717, 1.165) is 11.1 Å². The van der Waals surface area contributed by atoms with Crippen LogP contribution in [0.1, 0.15) is 40.4 Å². The minimum absolute atomic E-state index is 0.201. The van der Waals surface area contributed by atoms with Gasteiger partial charge < -0.3 is 19.5 Å². The van der Waals surface area contributed by atoms with Gasteiger partial charge in [0, 0.05) is 6.54 Å². The molecule has 0 bridgehead atoms. The van der Waals surface area contributed by atoms with Crippen LogP contribution in [0.2, 0.25) is 0 Å². The molecular weight excluding hydrogens is 346 g/mol. The molecule has 0 aliphatic carbocycles. The summed E-state index contributed by atoms with van der Waals surface area (Å²) < 4.78 is 10.2. The van der Waals surface area contributed by atoms with Crippen LogP contribution in [0, 0.1) is 0 Å². The second-order valence-corrected chi connectivity index (χ2v) is 6.54. The number of carbonyl (C=O) groups is 2. The molecule has 0 saturated carbocycles. The zero-order valence-corrected chi connectivity index (χ0v) is 15.2. The lowest BCUT2D eigenvalue weighted by molar-refractivity contribution is 0.0259. The van der Waals surface area contributed by atoms with E-state index in [1.807, 2.05) is 30.3 Å². The van der Waals surface area contributed by atoms with Gasteiger partial charge in [0.25, 0.3) is 0 Å². The molecule has 1 fully saturated rings. The first-order chi connectivity index (χ1) is 13.1. The SMILES string of the molecule is COC(=O)c1ccc(C2C[C@H](O)CCN2C(=O)OCc2ccccc2)cc1. The van der Waals surface area contributed by atoms with Crippen LogP contribution < -0.4 is 0 Å². The molecule has 3 rings (SSSR count). The number of nitrogens with zero attached hydrogens (tertiary/aromatic N) is 1. The van der Waals surface area contributed by atoms with Gasteiger partial charge in [-0.2, -0.15) is 0 Å². The molecule has 27 heavy (non-hydrogen) atoms. The summed E-state index contributed by atoms with van der Waals surface area (Å²) in [6.07, 6.45) is 0.0519. The summed E-state index contributed by atoms with van der Waals surface area (Å²) in [6.45, 7) is 0.616. The fourth-order valence-corrected chi connectivity index (χ4v) is 3.24. The van der Waals surface area contributed by atoms with Crippen molar-refractivity contribution >= 4 is 12.1 Å². The van der Waals surface area contributed by atoms with E-state index in [1.165, 1.54) is 7.11 Å². The van der Waals surface area contributed by atoms with Crippen molar-refractivity contribution in [1.29, 1.82) is 0 Å². The molecule has 2 atom stereocenters. The monoisotopic (exact) mass is 369 g/mol. The number of methoxy groups -OCH3 is 1. The third kappa shape index (κ3) is 4.65. The number of benzene rings is 2. The Hall–Kier alpha value is -2.86. The van der Waals surface area contributed by atoms with E-state index in [1.54, 1.807) is 29.2 Å². The Morgan fingerprint density at radius 3 is 2.48 bits per heavy atom. The number of rotatable bonds is 4. The first-order valence-corrected chi connectivity index (χ1v) is 8.92. The van der Waals surface area contributed by atoms with Crippen molar-refractivity contribution in [2.24, 2.45) is 0 Å². The number of ether oxygens (including phenoxy) is 2. The molecule has 1 saturated heterocycles. The molecule has 1 aliphatic heterocycles. The van der Waals surface area contributed by atoms with Gasteiger partial charge in [-0.1, -0.05) is 42.5 Å². The fraction of sp³-hybridized carbons (Fsp3) is 0.333. The zero-order valence-electron chi connectivity index (χ0n) is 15.2. The molecule has 6 nitrogen and oxygen atoms in total. The summed E-state index contributed by atoms with van der Waals surface area (Å²) in [5.74, 6) is -0.413. The minimum Gasteiger partial charge on any atom is -0.465 e. The number of amides is 1. The van der Waals surface area contributed by atoms with Gasteiger partial charge in [-0.05, 0) is 36.1 Å². The van der Waals surface area contributed by atoms with Gasteiger partial charge in [0.2, 0.25) is 0 Å². The van der Waals surface area contributed by atoms with Crippen LogP contribution in [0.5, 0.6) is 0 Å². The lowest BCUT2D eigenvalue weighted by atomic mass is 9.93. The maximum absolute atomic E-state index is 12.6. The predicted molar refractivity (Wildman–Crippen MR) is 99.1 cm³/mol. The van der Waals surface area contributed by atoms with Crippen LogP contribution in [0.15, 0.2) is 54.6 Å². The molecule has 1 heterocycles. The average Bonchev–Trinajstić information content (AvgIpc) is 2.72. The first-order valence-electron chi connectivity index (χ1n) is 8.92. The van der Waals surface area contributed by atoms with E-state index in [2.05, 4.69) is 0 Å². The molecule has 2 aromatic carbocycles. The van der Waals surface area contributed by atoms with Gasteiger partial charge in [0.1, 0.15) is 6.61 Å². The van der Waals surface area contributed by atoms with Gasteiger partial charge in [0.15, 0.2) is 0 Å². The highest BCUT2D eigenvalue weighted by atomic mass is 16.6. The van der Waals surface area contributed by atoms with E-state index in [0.29, 0.717) is 24.9 Å². The lowest BCUT2D eigenvalue weighted by Crippen LogP contribution is -2.42. The molecule has 1 amide bonds. The summed E-state index contributed by atoms with van der Waals surface area (Å²) in [6, 6.07) is 16.1. The standard InChI is InChI=1S/C21H23NO5/c1-26-20(24)17-9-7-16(8-10-17)19-13-18(23)11-12-22(19)21(25)27-14-15-5-3-2-4-6-15/h2-10,18-19,23H,11-14H2,1H3/t18-,19?/m1/s1. The van der Waals surface area contributed by atoms with E-state index < -0.39 is 18.2 Å². The number of hydrogen-bond donors (Lipinski definition) is 1. The van der Waals surface area contributed by atoms with Crippen LogP contribution in [-0.4, -0.2) is 41.8 Å². The number of likely N-dealkylation sites (tertiary alicyclic amines) is 1. The molecule has 0 aromatic heterocycles. The first kappa shape index (κ1) is 18.9. The van der Waals surface area contributed by atoms with Crippen molar-refractivity contribution in [3.63, 3.8) is 0 Å². The molecular formula is C21H23NO5. The predicted octanol–water partition coefficient (Wildman–Crippen LogP) is 3.31. The van der Waals surface area contributed by atoms with E-state index in [9.17, 15) is 14.7 Å². The third-order valence-corrected chi connectivity index (χ3v) is 4.73. The number of aliphatic hydroxyl groups excluding tert-OH is 1. The maximum Gasteiger partial charge on any atom is 0.410 e. The van der Waals surface area contributed by atoms with Crippen LogP contribution in [-0.2, 0) is 16.1 Å². The van der Waals surface area contributed by atoms with Gasteiger partial charge in [-0.15, -0.1) is 0 Å². The summed E-state index contributed by atoms with van der Waals surface area (Å²) in [7, 11) is 1.33. The van der Waals surface area contributed by atoms with Crippen molar-refractivity contribution in [2.45, 2.75) is 31.6 Å². The summed E-state index contributed by atoms with van der Waals surface area (Å²) in [5, 5.41) is 10.1. The molecule has 6 heteroatoms. The Balaban J connectivity index is 1.72. The molecule has 142 valence electrons. The van der Waals surface area contributed by atoms with Crippen LogP contribution >= 0.6 is 0 Å². The zero-order chi connectivity index (χ0) is 19.2. The lowest BCUT2D eigenvalue weighted by Gasteiger charge is -2.37. The maximum atomic E-state index is 12.6. The largest absolute Gasteiger partial charge is 0.465 e. The summed E-state index contributed by atoms with van der Waals surface area (Å²) in [5.41, 5.74) is 2.20. The number of aliphatic hydroxyl groups is 1. The van der Waals surface area contributed by atoms with Crippen molar-refractivity contribution < 1.29 is 24.2 Å². The summed E-state index contributed by atoms with van der Waals surface area (Å²) in [4.78, 5) is 25.9. The Morgan fingerprint density at radius 1 is 1.11 bits per heavy atom. The highest BCUT2D eigenvalue weighted by molar-refractivity contribution is 5.89. The second-order valence-electron chi connectivity index (χ2n) is 6.54. The molecule has 0 spiro atoms. The Bertz CT molecular complexity index is 775. The quantitative estimate of drug-likeness (QED) is 0.837. The average molecular weight is 369 g/mol. The van der Waals surface area contributed by atoms with Crippen LogP contribution in [0.4, 0.5) is 4.79 Å². The van der Waals surface area contributed by atoms with Gasteiger partial charge in [0.05, 0.1) is 24.8 Å². The Labute approximate surface area is 158 Å². The van der Waals surface area contributed by atoms with E-state index in [-0.39, 0.29) is 12.6 Å². The van der Waals surface area contributed by atoms with E-state index >= 15 is 0 Å². The number of hydrogen-bond acceptors (Lipinski definition) is 5. The third-order valence-electron chi connectivity index (χ3n) is 4.73. The normalized spacial score (nSPS) is 19.4. The minimum atomic E-state index is -0.478.